The average molecular weight is 506 g/mol. The second kappa shape index (κ2) is 18.0. The Morgan fingerprint density at radius 2 is 1.21 bits per heavy atom. The number of hydrogen-bond donors (Lipinski definition) is 9. The van der Waals surface area contributed by atoms with E-state index in [1.807, 2.05) is 0 Å². The van der Waals surface area contributed by atoms with E-state index >= 15 is 0 Å². The second-order valence-electron chi connectivity index (χ2n) is 7.88. The Morgan fingerprint density at radius 3 is 1.68 bits per heavy atom. The number of aliphatic carboxylic acids is 1. The summed E-state index contributed by atoms with van der Waals surface area (Å²) in [5.41, 5.74) is 21.7. The quantitative estimate of drug-likeness (QED) is 0.0653. The van der Waals surface area contributed by atoms with Gasteiger partial charge in [0.15, 0.2) is 0 Å². The first-order valence-electron chi connectivity index (χ1n) is 11.3. The Kier molecular flexibility index (Phi) is 16.7. The van der Waals surface area contributed by atoms with Gasteiger partial charge < -0.3 is 44.0 Å². The van der Waals surface area contributed by atoms with Gasteiger partial charge in [-0.1, -0.05) is 0 Å². The van der Waals surface area contributed by atoms with Crippen LogP contribution in [0.5, 0.6) is 0 Å². The van der Waals surface area contributed by atoms with Crippen molar-refractivity contribution in [2.24, 2.45) is 22.9 Å². The van der Waals surface area contributed by atoms with Gasteiger partial charge in [0, 0.05) is 12.2 Å². The molecule has 0 rings (SSSR count). The SMILES string of the molecule is NCCCCC(NC(=O)C(CCCCN)NC(=O)C(CS)NC(=O)C(N)CCC(N)=O)C(=O)O. The van der Waals surface area contributed by atoms with Crippen LogP contribution in [-0.2, 0) is 24.0 Å². The summed E-state index contributed by atoms with van der Waals surface area (Å²) in [6.45, 7) is 0.790. The molecule has 14 heteroatoms. The zero-order valence-corrected chi connectivity index (χ0v) is 20.2. The van der Waals surface area contributed by atoms with Gasteiger partial charge in [-0.05, 0) is 58.0 Å². The Balaban J connectivity index is 5.21. The van der Waals surface area contributed by atoms with Gasteiger partial charge >= 0.3 is 5.97 Å². The third-order valence-corrected chi connectivity index (χ3v) is 5.36. The van der Waals surface area contributed by atoms with Crippen LogP contribution < -0.4 is 38.9 Å². The largest absolute Gasteiger partial charge is 0.480 e. The number of rotatable bonds is 19. The third kappa shape index (κ3) is 13.3. The van der Waals surface area contributed by atoms with Crippen molar-refractivity contribution in [1.29, 1.82) is 0 Å². The molecule has 34 heavy (non-hydrogen) atoms. The van der Waals surface area contributed by atoms with Crippen LogP contribution in [0.15, 0.2) is 0 Å². The highest BCUT2D eigenvalue weighted by Gasteiger charge is 2.29. The van der Waals surface area contributed by atoms with E-state index in [1.165, 1.54) is 0 Å². The molecule has 0 aromatic heterocycles. The summed E-state index contributed by atoms with van der Waals surface area (Å²) in [6.07, 6.45) is 2.56. The molecule has 196 valence electrons. The van der Waals surface area contributed by atoms with Gasteiger partial charge in [0.1, 0.15) is 18.1 Å². The van der Waals surface area contributed by atoms with Gasteiger partial charge in [-0.15, -0.1) is 0 Å². The summed E-state index contributed by atoms with van der Waals surface area (Å²) in [5.74, 6) is -3.91. The van der Waals surface area contributed by atoms with E-state index in [-0.39, 0.29) is 31.4 Å². The molecule has 0 aromatic rings. The summed E-state index contributed by atoms with van der Waals surface area (Å²) in [4.78, 5) is 60.2. The molecule has 0 fully saturated rings. The van der Waals surface area contributed by atoms with E-state index in [0.717, 1.165) is 0 Å². The Bertz CT molecular complexity index is 682. The molecule has 0 saturated carbocycles. The predicted octanol–water partition coefficient (Wildman–Crippen LogP) is -2.69. The lowest BCUT2D eigenvalue weighted by Gasteiger charge is -2.24. The minimum atomic E-state index is -1.19. The molecule has 0 spiro atoms. The van der Waals surface area contributed by atoms with Crippen molar-refractivity contribution in [3.63, 3.8) is 0 Å². The number of carbonyl (C=O) groups excluding carboxylic acids is 4. The van der Waals surface area contributed by atoms with Crippen LogP contribution in [0.2, 0.25) is 0 Å². The molecule has 0 bridgehead atoms. The first-order chi connectivity index (χ1) is 16.1. The number of thiol groups is 1. The predicted molar refractivity (Wildman–Crippen MR) is 129 cm³/mol. The fraction of sp³-hybridized carbons (Fsp3) is 0.750. The minimum absolute atomic E-state index is 0.00687. The molecule has 0 heterocycles. The summed E-state index contributed by atoms with van der Waals surface area (Å²) in [6, 6.07) is -4.34. The maximum absolute atomic E-state index is 12.8. The van der Waals surface area contributed by atoms with Crippen LogP contribution in [0.3, 0.4) is 0 Å². The topological polar surface area (TPSA) is 246 Å². The van der Waals surface area contributed by atoms with Crippen molar-refractivity contribution in [2.45, 2.75) is 75.5 Å². The van der Waals surface area contributed by atoms with Crippen molar-refractivity contribution >= 4 is 42.2 Å². The highest BCUT2D eigenvalue weighted by molar-refractivity contribution is 7.80. The number of nitrogens with one attached hydrogen (secondary N) is 3. The Morgan fingerprint density at radius 1 is 0.735 bits per heavy atom. The fourth-order valence-electron chi connectivity index (χ4n) is 2.96. The zero-order chi connectivity index (χ0) is 26.1. The highest BCUT2D eigenvalue weighted by atomic mass is 32.1. The van der Waals surface area contributed by atoms with Gasteiger partial charge in [-0.3, -0.25) is 19.2 Å². The molecule has 4 atom stereocenters. The van der Waals surface area contributed by atoms with E-state index in [2.05, 4.69) is 28.6 Å². The van der Waals surface area contributed by atoms with Crippen LogP contribution >= 0.6 is 12.6 Å². The van der Waals surface area contributed by atoms with E-state index in [0.29, 0.717) is 38.8 Å². The van der Waals surface area contributed by atoms with Gasteiger partial charge in [0.25, 0.3) is 0 Å². The summed E-state index contributed by atoms with van der Waals surface area (Å²) in [5, 5.41) is 16.8. The number of carbonyl (C=O) groups is 5. The summed E-state index contributed by atoms with van der Waals surface area (Å²) < 4.78 is 0. The molecule has 0 aromatic carbocycles. The smallest absolute Gasteiger partial charge is 0.326 e. The highest BCUT2D eigenvalue weighted by Crippen LogP contribution is 2.06. The molecule has 0 radical (unpaired) electrons. The van der Waals surface area contributed by atoms with Gasteiger partial charge in [0.2, 0.25) is 23.6 Å². The van der Waals surface area contributed by atoms with Crippen LogP contribution in [0, 0.1) is 0 Å². The maximum atomic E-state index is 12.8. The van der Waals surface area contributed by atoms with Crippen LogP contribution in [-0.4, -0.2) is 77.7 Å². The maximum Gasteiger partial charge on any atom is 0.326 e. The number of unbranched alkanes of at least 4 members (excludes halogenated alkanes) is 2. The molecular weight excluding hydrogens is 466 g/mol. The fourth-order valence-corrected chi connectivity index (χ4v) is 3.22. The van der Waals surface area contributed by atoms with Gasteiger partial charge in [0.05, 0.1) is 6.04 Å². The third-order valence-electron chi connectivity index (χ3n) is 5.00. The molecule has 4 unspecified atom stereocenters. The van der Waals surface area contributed by atoms with Crippen molar-refractivity contribution in [3.8, 4) is 0 Å². The van der Waals surface area contributed by atoms with Gasteiger partial charge in [-0.2, -0.15) is 12.6 Å². The van der Waals surface area contributed by atoms with E-state index in [4.69, 9.17) is 22.9 Å². The van der Waals surface area contributed by atoms with Crippen molar-refractivity contribution < 1.29 is 29.1 Å². The van der Waals surface area contributed by atoms with E-state index < -0.39 is 53.8 Å². The molecular formula is C20H39N7O6S. The van der Waals surface area contributed by atoms with Crippen LogP contribution in [0.25, 0.3) is 0 Å². The lowest BCUT2D eigenvalue weighted by molar-refractivity contribution is -0.142. The van der Waals surface area contributed by atoms with E-state index in [9.17, 15) is 29.1 Å². The lowest BCUT2D eigenvalue weighted by atomic mass is 10.1. The second-order valence-corrected chi connectivity index (χ2v) is 8.25. The van der Waals surface area contributed by atoms with Gasteiger partial charge in [-0.25, -0.2) is 4.79 Å². The Hall–Kier alpha value is -2.42. The number of nitrogens with two attached hydrogens (primary N) is 4. The molecule has 0 saturated heterocycles. The van der Waals surface area contributed by atoms with Crippen molar-refractivity contribution in [1.82, 2.24) is 16.0 Å². The number of carboxylic acid groups (broad SMARTS) is 1. The molecule has 13 nitrogen and oxygen atoms in total. The standard InChI is InChI=1S/C20H39N7O6S/c21-9-3-1-5-13(18(30)26-14(20(32)33)6-2-4-10-22)25-19(31)15(11-34)27-17(29)12(23)7-8-16(24)28/h12-15,34H,1-11,21-23H2,(H2,24,28)(H,25,31)(H,26,30)(H,27,29)(H,32,33). The number of carboxylic acids is 1. The normalized spacial score (nSPS) is 14.4. The lowest BCUT2D eigenvalue weighted by Crippen LogP contribution is -2.57. The first kappa shape index (κ1) is 31.6. The Labute approximate surface area is 204 Å². The molecule has 0 aliphatic rings. The monoisotopic (exact) mass is 505 g/mol. The number of hydrogen-bond acceptors (Lipinski definition) is 9. The molecule has 0 aliphatic carbocycles. The molecule has 4 amide bonds. The molecule has 0 aliphatic heterocycles. The van der Waals surface area contributed by atoms with Crippen molar-refractivity contribution in [2.75, 3.05) is 18.8 Å². The number of amides is 4. The summed E-state index contributed by atoms with van der Waals surface area (Å²) >= 11 is 4.08. The minimum Gasteiger partial charge on any atom is -0.480 e. The van der Waals surface area contributed by atoms with Crippen LogP contribution in [0.4, 0.5) is 0 Å². The zero-order valence-electron chi connectivity index (χ0n) is 19.3. The van der Waals surface area contributed by atoms with Crippen LogP contribution in [0.1, 0.15) is 51.4 Å². The van der Waals surface area contributed by atoms with E-state index in [1.54, 1.807) is 0 Å². The molecule has 12 N–H and O–H groups in total. The summed E-state index contributed by atoms with van der Waals surface area (Å²) in [7, 11) is 0. The number of primary amides is 1. The first-order valence-corrected chi connectivity index (χ1v) is 11.9. The van der Waals surface area contributed by atoms with Crippen molar-refractivity contribution in [3.05, 3.63) is 0 Å². The average Bonchev–Trinajstić information content (AvgIpc) is 2.79.